The summed E-state index contributed by atoms with van der Waals surface area (Å²) in [5.74, 6) is 0.734. The van der Waals surface area contributed by atoms with Gasteiger partial charge < -0.3 is 0 Å². The maximum atomic E-state index is 6.00. The molecule has 0 aliphatic heterocycles. The number of benzene rings is 1. The lowest BCUT2D eigenvalue weighted by Crippen LogP contribution is -1.94. The van der Waals surface area contributed by atoms with E-state index in [0.717, 1.165) is 22.6 Å². The maximum Gasteiger partial charge on any atom is 0.125 e. The molecule has 0 saturated carbocycles. The normalized spacial score (nSPS) is 10.6. The van der Waals surface area contributed by atoms with Gasteiger partial charge in [-0.1, -0.05) is 34.8 Å². The molecule has 1 heterocycles. The Morgan fingerprint density at radius 1 is 1.00 bits per heavy atom. The van der Waals surface area contributed by atoms with Crippen LogP contribution in [0.1, 0.15) is 11.5 Å². The van der Waals surface area contributed by atoms with E-state index in [-0.39, 0.29) is 0 Å². The number of aryl methyl sites for hydroxylation is 2. The van der Waals surface area contributed by atoms with Crippen molar-refractivity contribution in [2.45, 2.75) is 13.8 Å². The third kappa shape index (κ3) is 2.54. The van der Waals surface area contributed by atoms with Crippen molar-refractivity contribution >= 4 is 34.8 Å². The van der Waals surface area contributed by atoms with Crippen LogP contribution in [0, 0.1) is 13.8 Å². The summed E-state index contributed by atoms with van der Waals surface area (Å²) < 4.78 is 0. The average Bonchev–Trinajstić information content (AvgIpc) is 2.25. The van der Waals surface area contributed by atoms with Crippen molar-refractivity contribution < 1.29 is 0 Å². The Morgan fingerprint density at radius 2 is 1.59 bits per heavy atom. The molecule has 0 amide bonds. The van der Waals surface area contributed by atoms with Crippen LogP contribution < -0.4 is 0 Å². The van der Waals surface area contributed by atoms with Crippen molar-refractivity contribution in [3.05, 3.63) is 44.9 Å². The number of aromatic nitrogens is 2. The summed E-state index contributed by atoms with van der Waals surface area (Å²) in [6, 6.07) is 3.52. The molecular weight excluding hydrogens is 279 g/mol. The summed E-state index contributed by atoms with van der Waals surface area (Å²) >= 11 is 17.9. The van der Waals surface area contributed by atoms with Gasteiger partial charge in [0.2, 0.25) is 0 Å². The van der Waals surface area contributed by atoms with E-state index in [1.807, 2.05) is 13.8 Å². The number of rotatable bonds is 1. The van der Waals surface area contributed by atoms with Gasteiger partial charge in [0, 0.05) is 17.5 Å². The van der Waals surface area contributed by atoms with Crippen LogP contribution in [0.5, 0.6) is 0 Å². The summed E-state index contributed by atoms with van der Waals surface area (Å²) in [5.41, 5.74) is 2.64. The van der Waals surface area contributed by atoms with E-state index in [4.69, 9.17) is 34.8 Å². The first-order chi connectivity index (χ1) is 7.99. The molecule has 0 radical (unpaired) electrons. The molecule has 2 nitrogen and oxygen atoms in total. The highest BCUT2D eigenvalue weighted by molar-refractivity contribution is 6.48. The molecule has 0 spiro atoms. The molecule has 5 heteroatoms. The Balaban J connectivity index is 2.61. The smallest absolute Gasteiger partial charge is 0.125 e. The first-order valence-corrected chi connectivity index (χ1v) is 6.07. The zero-order valence-corrected chi connectivity index (χ0v) is 11.5. The second-order valence-electron chi connectivity index (χ2n) is 3.67. The van der Waals surface area contributed by atoms with Crippen molar-refractivity contribution in [2.24, 2.45) is 0 Å². The van der Waals surface area contributed by atoms with Gasteiger partial charge in [0.05, 0.1) is 15.1 Å². The fourth-order valence-corrected chi connectivity index (χ4v) is 2.17. The molecule has 17 heavy (non-hydrogen) atoms. The van der Waals surface area contributed by atoms with Crippen LogP contribution in [0.4, 0.5) is 0 Å². The van der Waals surface area contributed by atoms with Crippen LogP contribution in [-0.4, -0.2) is 9.97 Å². The van der Waals surface area contributed by atoms with Crippen molar-refractivity contribution in [1.82, 2.24) is 9.97 Å². The lowest BCUT2D eigenvalue weighted by Gasteiger charge is -2.08. The van der Waals surface area contributed by atoms with E-state index in [9.17, 15) is 0 Å². The molecule has 0 N–H and O–H groups in total. The van der Waals surface area contributed by atoms with Gasteiger partial charge in [-0.25, -0.2) is 9.97 Å². The fraction of sp³-hybridized carbons (Fsp3) is 0.167. The summed E-state index contributed by atoms with van der Waals surface area (Å²) in [6.07, 6.45) is 1.76. The van der Waals surface area contributed by atoms with E-state index in [0.29, 0.717) is 15.1 Å². The minimum absolute atomic E-state index is 0.364. The van der Waals surface area contributed by atoms with Gasteiger partial charge in [-0.05, 0) is 31.5 Å². The molecule has 1 aromatic heterocycles. The quantitative estimate of drug-likeness (QED) is 0.709. The Bertz CT molecular complexity index is 559. The molecule has 88 valence electrons. The summed E-state index contributed by atoms with van der Waals surface area (Å²) in [7, 11) is 0. The van der Waals surface area contributed by atoms with Gasteiger partial charge >= 0.3 is 0 Å². The highest BCUT2D eigenvalue weighted by Gasteiger charge is 2.10. The van der Waals surface area contributed by atoms with Crippen LogP contribution in [0.15, 0.2) is 18.3 Å². The summed E-state index contributed by atoms with van der Waals surface area (Å²) in [6.45, 7) is 3.76. The van der Waals surface area contributed by atoms with Crippen molar-refractivity contribution in [3.63, 3.8) is 0 Å². The second-order valence-corrected chi connectivity index (χ2v) is 4.86. The second kappa shape index (κ2) is 4.81. The molecule has 0 bridgehead atoms. The Labute approximate surface area is 115 Å². The van der Waals surface area contributed by atoms with Crippen LogP contribution in [0.25, 0.3) is 11.1 Å². The number of hydrogen-bond acceptors (Lipinski definition) is 2. The molecule has 0 unspecified atom stereocenters. The minimum Gasteiger partial charge on any atom is -0.241 e. The Hall–Kier alpha value is -0.830. The monoisotopic (exact) mass is 286 g/mol. The first kappa shape index (κ1) is 12.6. The number of hydrogen-bond donors (Lipinski definition) is 0. The predicted molar refractivity (Wildman–Crippen MR) is 72.0 cm³/mol. The number of nitrogens with zero attached hydrogens (tertiary/aromatic N) is 2. The Kier molecular flexibility index (Phi) is 3.57. The molecular formula is C12H9Cl3N2. The lowest BCUT2D eigenvalue weighted by molar-refractivity contribution is 1.01. The van der Waals surface area contributed by atoms with Crippen LogP contribution in [0.3, 0.4) is 0 Å². The molecule has 0 saturated heterocycles. The van der Waals surface area contributed by atoms with E-state index in [1.165, 1.54) is 0 Å². The van der Waals surface area contributed by atoms with E-state index < -0.39 is 0 Å². The van der Waals surface area contributed by atoms with Gasteiger partial charge in [-0.15, -0.1) is 0 Å². The van der Waals surface area contributed by atoms with Crippen LogP contribution in [-0.2, 0) is 0 Å². The summed E-state index contributed by atoms with van der Waals surface area (Å²) in [4.78, 5) is 8.47. The van der Waals surface area contributed by atoms with Gasteiger partial charge in [0.1, 0.15) is 5.82 Å². The van der Waals surface area contributed by atoms with E-state index in [2.05, 4.69) is 9.97 Å². The van der Waals surface area contributed by atoms with E-state index >= 15 is 0 Å². The van der Waals surface area contributed by atoms with E-state index in [1.54, 1.807) is 18.3 Å². The molecule has 1 aromatic carbocycles. The Morgan fingerprint density at radius 3 is 2.12 bits per heavy atom. The van der Waals surface area contributed by atoms with Gasteiger partial charge in [-0.2, -0.15) is 0 Å². The molecule has 0 aliphatic rings. The average molecular weight is 288 g/mol. The molecule has 2 rings (SSSR count). The predicted octanol–water partition coefficient (Wildman–Crippen LogP) is 4.72. The van der Waals surface area contributed by atoms with Crippen LogP contribution >= 0.6 is 34.8 Å². The van der Waals surface area contributed by atoms with Crippen molar-refractivity contribution in [3.8, 4) is 11.1 Å². The minimum atomic E-state index is 0.364. The zero-order valence-electron chi connectivity index (χ0n) is 9.26. The summed E-state index contributed by atoms with van der Waals surface area (Å²) in [5, 5.41) is 1.21. The van der Waals surface area contributed by atoms with Crippen LogP contribution in [0.2, 0.25) is 15.1 Å². The first-order valence-electron chi connectivity index (χ1n) is 4.94. The maximum absolute atomic E-state index is 6.00. The third-order valence-corrected chi connectivity index (χ3v) is 3.59. The number of halogens is 3. The SMILES string of the molecule is Cc1ncc(-c2cc(Cl)c(Cl)c(Cl)c2)c(C)n1. The third-order valence-electron chi connectivity index (χ3n) is 2.39. The molecule has 2 aromatic rings. The fourth-order valence-electron chi connectivity index (χ4n) is 1.58. The van der Waals surface area contributed by atoms with Gasteiger partial charge in [0.15, 0.2) is 0 Å². The zero-order chi connectivity index (χ0) is 12.6. The van der Waals surface area contributed by atoms with Crippen molar-refractivity contribution in [2.75, 3.05) is 0 Å². The van der Waals surface area contributed by atoms with Gasteiger partial charge in [0.25, 0.3) is 0 Å². The topological polar surface area (TPSA) is 25.8 Å². The van der Waals surface area contributed by atoms with Gasteiger partial charge in [-0.3, -0.25) is 0 Å². The highest BCUT2D eigenvalue weighted by atomic mass is 35.5. The molecule has 0 atom stereocenters. The largest absolute Gasteiger partial charge is 0.241 e. The standard InChI is InChI=1S/C12H9Cl3N2/c1-6-9(5-16-7(2)17-6)8-3-10(13)12(15)11(14)4-8/h3-5H,1-2H3. The van der Waals surface area contributed by atoms with Crippen molar-refractivity contribution in [1.29, 1.82) is 0 Å². The lowest BCUT2D eigenvalue weighted by atomic mass is 10.1. The molecule has 0 aliphatic carbocycles. The molecule has 0 fully saturated rings. The highest BCUT2D eigenvalue weighted by Crippen LogP contribution is 2.35.